The zero-order valence-electron chi connectivity index (χ0n) is 16.8. The molecule has 11 heteroatoms. The number of nitrogens with one attached hydrogen (secondary N) is 1. The molecule has 0 aliphatic rings. The van der Waals surface area contributed by atoms with E-state index in [0.717, 1.165) is 17.0 Å². The van der Waals surface area contributed by atoms with Crippen molar-refractivity contribution in [1.29, 1.82) is 0 Å². The van der Waals surface area contributed by atoms with Crippen LogP contribution in [0.15, 0.2) is 29.4 Å². The molecule has 0 saturated heterocycles. The van der Waals surface area contributed by atoms with Crippen LogP contribution in [0.25, 0.3) is 5.78 Å². The van der Waals surface area contributed by atoms with Crippen LogP contribution in [0, 0.1) is 24.0 Å². The van der Waals surface area contributed by atoms with Gasteiger partial charge in [-0.15, -0.1) is 5.10 Å². The van der Waals surface area contributed by atoms with E-state index in [0.29, 0.717) is 22.9 Å². The topological polar surface area (TPSA) is 136 Å². The van der Waals surface area contributed by atoms with Gasteiger partial charge in [0.05, 0.1) is 11.0 Å². The van der Waals surface area contributed by atoms with Crippen molar-refractivity contribution in [1.82, 2.24) is 24.9 Å². The molecule has 30 heavy (non-hydrogen) atoms. The molecule has 3 rings (SSSR count). The summed E-state index contributed by atoms with van der Waals surface area (Å²) in [4.78, 5) is 31.3. The van der Waals surface area contributed by atoms with Gasteiger partial charge in [-0.2, -0.15) is 4.98 Å². The van der Waals surface area contributed by atoms with Gasteiger partial charge in [0.2, 0.25) is 11.1 Å². The number of aromatic nitrogens is 4. The van der Waals surface area contributed by atoms with Crippen molar-refractivity contribution in [2.45, 2.75) is 37.9 Å². The van der Waals surface area contributed by atoms with Crippen LogP contribution in [0.4, 0.5) is 5.69 Å². The van der Waals surface area contributed by atoms with Gasteiger partial charge in [0.25, 0.3) is 11.5 Å². The zero-order chi connectivity index (χ0) is 21.8. The molecule has 0 saturated carbocycles. The van der Waals surface area contributed by atoms with E-state index >= 15 is 0 Å². The number of nitro benzene ring substituents is 1. The molecule has 0 fully saturated rings. The second kappa shape index (κ2) is 9.18. The van der Waals surface area contributed by atoms with E-state index in [-0.39, 0.29) is 24.6 Å². The molecule has 0 aliphatic heterocycles. The Kier molecular flexibility index (Phi) is 6.63. The molecule has 3 aromatic rings. The van der Waals surface area contributed by atoms with E-state index in [1.54, 1.807) is 4.52 Å². The van der Waals surface area contributed by atoms with Crippen molar-refractivity contribution in [3.05, 3.63) is 56.9 Å². The minimum Gasteiger partial charge on any atom is -0.387 e. The van der Waals surface area contributed by atoms with Crippen LogP contribution in [0.1, 0.15) is 35.0 Å². The van der Waals surface area contributed by atoms with Gasteiger partial charge in [-0.3, -0.25) is 14.9 Å². The Balaban J connectivity index is 1.58. The molecule has 1 atom stereocenters. The third kappa shape index (κ3) is 4.74. The Morgan fingerprint density at radius 1 is 1.30 bits per heavy atom. The van der Waals surface area contributed by atoms with Crippen molar-refractivity contribution in [2.75, 3.05) is 12.8 Å². The van der Waals surface area contributed by atoms with Crippen molar-refractivity contribution in [3.8, 4) is 0 Å². The fraction of sp³-hybridized carbons (Fsp3) is 0.368. The fourth-order valence-corrected chi connectivity index (χ4v) is 3.45. The largest absolute Gasteiger partial charge is 0.387 e. The van der Waals surface area contributed by atoms with Crippen LogP contribution in [-0.4, -0.2) is 48.3 Å². The number of hydrogen-bond donors (Lipinski definition) is 2. The van der Waals surface area contributed by atoms with Crippen LogP contribution in [0.5, 0.6) is 0 Å². The molecule has 158 valence electrons. The normalized spacial score (nSPS) is 12.1. The Morgan fingerprint density at radius 3 is 2.63 bits per heavy atom. The summed E-state index contributed by atoms with van der Waals surface area (Å²) in [6.07, 6.45) is 1.66. The second-order valence-electron chi connectivity index (χ2n) is 6.74. The summed E-state index contributed by atoms with van der Waals surface area (Å²) >= 11 is 1.44. The predicted molar refractivity (Wildman–Crippen MR) is 111 cm³/mol. The highest BCUT2D eigenvalue weighted by Gasteiger charge is 2.16. The molecule has 2 N–H and O–H groups in total. The first-order valence-corrected chi connectivity index (χ1v) is 10.5. The van der Waals surface area contributed by atoms with E-state index in [1.807, 2.05) is 20.1 Å². The van der Waals surface area contributed by atoms with Crippen molar-refractivity contribution < 1.29 is 14.8 Å². The van der Waals surface area contributed by atoms with E-state index in [2.05, 4.69) is 20.4 Å². The number of amides is 1. The second-order valence-corrected chi connectivity index (χ2v) is 7.51. The first-order chi connectivity index (χ1) is 14.3. The molecule has 0 spiro atoms. The van der Waals surface area contributed by atoms with Gasteiger partial charge in [0, 0.05) is 36.5 Å². The lowest BCUT2D eigenvalue weighted by molar-refractivity contribution is -0.384. The zero-order valence-corrected chi connectivity index (χ0v) is 17.6. The minimum absolute atomic E-state index is 0.0199. The van der Waals surface area contributed by atoms with Gasteiger partial charge in [0.1, 0.15) is 0 Å². The van der Waals surface area contributed by atoms with Gasteiger partial charge in [-0.1, -0.05) is 11.8 Å². The standard InChI is InChI=1S/C19H22N6O4S/c1-11-15(12(2)24-18(21-11)22-19(23-24)30-3)8-9-17(27)20-10-16(26)13-4-6-14(7-5-13)25(28)29/h4-7,16,26H,8-10H2,1-3H3,(H,20,27). The number of fused-ring (bicyclic) bond motifs is 1. The van der Waals surface area contributed by atoms with Crippen LogP contribution >= 0.6 is 11.8 Å². The van der Waals surface area contributed by atoms with E-state index in [1.165, 1.54) is 36.0 Å². The minimum atomic E-state index is -0.948. The van der Waals surface area contributed by atoms with Crippen LogP contribution in [0.2, 0.25) is 0 Å². The summed E-state index contributed by atoms with van der Waals surface area (Å²) in [5, 5.41) is 28.6. The molecule has 0 bridgehead atoms. The van der Waals surface area contributed by atoms with E-state index < -0.39 is 11.0 Å². The number of aliphatic hydroxyl groups is 1. The third-order valence-electron chi connectivity index (χ3n) is 4.80. The van der Waals surface area contributed by atoms with Crippen LogP contribution in [0.3, 0.4) is 0 Å². The van der Waals surface area contributed by atoms with Crippen LogP contribution < -0.4 is 5.32 Å². The highest BCUT2D eigenvalue weighted by atomic mass is 32.2. The molecular formula is C19H22N6O4S. The number of nitro groups is 1. The average Bonchev–Trinajstić information content (AvgIpc) is 3.15. The summed E-state index contributed by atoms with van der Waals surface area (Å²) in [7, 11) is 0. The molecule has 0 radical (unpaired) electrons. The van der Waals surface area contributed by atoms with Gasteiger partial charge in [-0.25, -0.2) is 9.50 Å². The summed E-state index contributed by atoms with van der Waals surface area (Å²) in [5.41, 5.74) is 3.08. The first-order valence-electron chi connectivity index (χ1n) is 9.26. The van der Waals surface area contributed by atoms with Gasteiger partial charge < -0.3 is 10.4 Å². The Morgan fingerprint density at radius 2 is 2.00 bits per heavy atom. The predicted octanol–water partition coefficient (Wildman–Crippen LogP) is 2.15. The number of aryl methyl sites for hydroxylation is 2. The number of thioether (sulfide) groups is 1. The van der Waals surface area contributed by atoms with Crippen molar-refractivity contribution in [3.63, 3.8) is 0 Å². The smallest absolute Gasteiger partial charge is 0.269 e. The maximum absolute atomic E-state index is 12.3. The van der Waals surface area contributed by atoms with Crippen molar-refractivity contribution >= 4 is 29.1 Å². The number of carbonyl (C=O) groups is 1. The Bertz CT molecular complexity index is 1080. The highest BCUT2D eigenvalue weighted by Crippen LogP contribution is 2.19. The molecule has 10 nitrogen and oxygen atoms in total. The summed E-state index contributed by atoms with van der Waals surface area (Å²) < 4.78 is 1.68. The molecule has 2 aromatic heterocycles. The number of hydrogen-bond acceptors (Lipinski definition) is 8. The van der Waals surface area contributed by atoms with Gasteiger partial charge in [0.15, 0.2) is 0 Å². The SMILES string of the molecule is CSc1nc2nc(C)c(CCC(=O)NCC(O)c3ccc([N+](=O)[O-])cc3)c(C)n2n1. The lowest BCUT2D eigenvalue weighted by Crippen LogP contribution is -2.28. The number of carbonyl (C=O) groups excluding carboxylic acids is 1. The first kappa shape index (κ1) is 21.7. The summed E-state index contributed by atoms with van der Waals surface area (Å²) in [6.45, 7) is 3.82. The molecule has 1 aromatic carbocycles. The number of rotatable bonds is 8. The maximum atomic E-state index is 12.3. The lowest BCUT2D eigenvalue weighted by atomic mass is 10.1. The molecule has 0 aliphatic carbocycles. The maximum Gasteiger partial charge on any atom is 0.269 e. The number of aliphatic hydroxyl groups excluding tert-OH is 1. The summed E-state index contributed by atoms with van der Waals surface area (Å²) in [6, 6.07) is 5.59. The lowest BCUT2D eigenvalue weighted by Gasteiger charge is -2.13. The summed E-state index contributed by atoms with van der Waals surface area (Å²) in [5.74, 6) is 0.326. The molecule has 1 amide bonds. The molecular weight excluding hydrogens is 408 g/mol. The van der Waals surface area contributed by atoms with Gasteiger partial charge in [-0.05, 0) is 49.8 Å². The van der Waals surface area contributed by atoms with Crippen LogP contribution in [-0.2, 0) is 11.2 Å². The highest BCUT2D eigenvalue weighted by molar-refractivity contribution is 7.98. The molecule has 1 unspecified atom stereocenters. The Labute approximate surface area is 176 Å². The fourth-order valence-electron chi connectivity index (χ4n) is 3.11. The Hall–Kier alpha value is -3.05. The van der Waals surface area contributed by atoms with E-state index in [9.17, 15) is 20.0 Å². The number of nitrogens with zero attached hydrogens (tertiary/aromatic N) is 5. The number of non-ortho nitro benzene ring substituents is 1. The van der Waals surface area contributed by atoms with Gasteiger partial charge >= 0.3 is 0 Å². The van der Waals surface area contributed by atoms with E-state index in [4.69, 9.17) is 0 Å². The van der Waals surface area contributed by atoms with Crippen molar-refractivity contribution in [2.24, 2.45) is 0 Å². The third-order valence-corrected chi connectivity index (χ3v) is 5.33. The quantitative estimate of drug-likeness (QED) is 0.315. The molecule has 2 heterocycles. The monoisotopic (exact) mass is 430 g/mol. The number of benzene rings is 1. The average molecular weight is 430 g/mol.